The van der Waals surface area contributed by atoms with E-state index in [2.05, 4.69) is 15.2 Å². The lowest BCUT2D eigenvalue weighted by Crippen LogP contribution is -2.27. The van der Waals surface area contributed by atoms with Gasteiger partial charge in [0.05, 0.1) is 5.75 Å². The standard InChI is InChI=1S/C18H17FN4OS/c1-23(11-13-6-5-9-15(19)10-13)16(24)12-25-18-20-17(21-22-18)14-7-3-2-4-8-14/h2-10H,11-12H2,1H3,(H,20,21,22). The number of carbonyl (C=O) groups excluding carboxylic acids is 1. The maximum Gasteiger partial charge on any atom is 0.233 e. The second-order valence-corrected chi connectivity index (χ2v) is 6.44. The van der Waals surface area contributed by atoms with Gasteiger partial charge in [0.2, 0.25) is 11.1 Å². The molecule has 0 fully saturated rings. The van der Waals surface area contributed by atoms with E-state index in [1.165, 1.54) is 23.9 Å². The van der Waals surface area contributed by atoms with Crippen molar-refractivity contribution in [3.8, 4) is 11.4 Å². The topological polar surface area (TPSA) is 61.9 Å². The summed E-state index contributed by atoms with van der Waals surface area (Å²) in [4.78, 5) is 18.2. The molecule has 1 heterocycles. The predicted octanol–water partition coefficient (Wildman–Crippen LogP) is 3.36. The van der Waals surface area contributed by atoms with E-state index in [1.807, 2.05) is 30.3 Å². The van der Waals surface area contributed by atoms with Crippen molar-refractivity contribution in [1.82, 2.24) is 20.1 Å². The number of amides is 1. The summed E-state index contributed by atoms with van der Waals surface area (Å²) in [6.07, 6.45) is 0. The molecule has 0 bridgehead atoms. The molecule has 0 saturated carbocycles. The zero-order valence-electron chi connectivity index (χ0n) is 13.6. The van der Waals surface area contributed by atoms with Crippen LogP contribution in [0.15, 0.2) is 59.8 Å². The molecule has 7 heteroatoms. The summed E-state index contributed by atoms with van der Waals surface area (Å²) in [5, 5.41) is 7.52. The third-order valence-electron chi connectivity index (χ3n) is 3.57. The molecule has 0 aliphatic carbocycles. The van der Waals surface area contributed by atoms with Crippen LogP contribution in [0.1, 0.15) is 5.56 Å². The van der Waals surface area contributed by atoms with E-state index in [0.29, 0.717) is 17.5 Å². The summed E-state index contributed by atoms with van der Waals surface area (Å²) in [5.41, 5.74) is 1.70. The van der Waals surface area contributed by atoms with Gasteiger partial charge in [-0.25, -0.2) is 9.37 Å². The molecule has 0 saturated heterocycles. The second-order valence-electron chi connectivity index (χ2n) is 5.50. The molecular weight excluding hydrogens is 339 g/mol. The normalized spacial score (nSPS) is 10.6. The van der Waals surface area contributed by atoms with Crippen LogP contribution in [0.2, 0.25) is 0 Å². The highest BCUT2D eigenvalue weighted by atomic mass is 32.2. The molecule has 3 aromatic rings. The van der Waals surface area contributed by atoms with Gasteiger partial charge in [-0.2, -0.15) is 0 Å². The van der Waals surface area contributed by atoms with Crippen LogP contribution in [0.3, 0.4) is 0 Å². The van der Waals surface area contributed by atoms with Gasteiger partial charge in [-0.05, 0) is 17.7 Å². The first-order valence-corrected chi connectivity index (χ1v) is 8.69. The Hall–Kier alpha value is -2.67. The Bertz CT molecular complexity index is 853. The van der Waals surface area contributed by atoms with Crippen molar-refractivity contribution in [3.63, 3.8) is 0 Å². The van der Waals surface area contributed by atoms with Crippen LogP contribution in [0, 0.1) is 5.82 Å². The lowest BCUT2D eigenvalue weighted by molar-refractivity contribution is -0.127. The van der Waals surface area contributed by atoms with Crippen molar-refractivity contribution in [2.75, 3.05) is 12.8 Å². The molecule has 5 nitrogen and oxygen atoms in total. The number of nitrogens with one attached hydrogen (secondary N) is 1. The Morgan fingerprint density at radius 2 is 2.00 bits per heavy atom. The number of hydrogen-bond donors (Lipinski definition) is 1. The highest BCUT2D eigenvalue weighted by Crippen LogP contribution is 2.19. The van der Waals surface area contributed by atoms with Crippen molar-refractivity contribution < 1.29 is 9.18 Å². The van der Waals surface area contributed by atoms with Crippen molar-refractivity contribution in [2.24, 2.45) is 0 Å². The monoisotopic (exact) mass is 356 g/mol. The summed E-state index contributed by atoms with van der Waals surface area (Å²) in [7, 11) is 1.70. The number of thioether (sulfide) groups is 1. The van der Waals surface area contributed by atoms with Gasteiger partial charge in [0.25, 0.3) is 0 Å². The fourth-order valence-electron chi connectivity index (χ4n) is 2.27. The van der Waals surface area contributed by atoms with E-state index in [9.17, 15) is 9.18 Å². The molecule has 0 spiro atoms. The molecule has 0 radical (unpaired) electrons. The van der Waals surface area contributed by atoms with Crippen molar-refractivity contribution in [3.05, 3.63) is 66.0 Å². The van der Waals surface area contributed by atoms with Gasteiger partial charge in [-0.1, -0.05) is 54.2 Å². The van der Waals surface area contributed by atoms with E-state index in [-0.39, 0.29) is 17.5 Å². The Morgan fingerprint density at radius 1 is 1.20 bits per heavy atom. The van der Waals surface area contributed by atoms with E-state index in [0.717, 1.165) is 11.1 Å². The van der Waals surface area contributed by atoms with Gasteiger partial charge in [0.1, 0.15) is 5.82 Å². The minimum Gasteiger partial charge on any atom is -0.341 e. The molecule has 3 rings (SSSR count). The third kappa shape index (κ3) is 4.67. The van der Waals surface area contributed by atoms with Gasteiger partial charge >= 0.3 is 0 Å². The maximum atomic E-state index is 13.2. The quantitative estimate of drug-likeness (QED) is 0.688. The van der Waals surface area contributed by atoms with Gasteiger partial charge in [0.15, 0.2) is 5.82 Å². The Morgan fingerprint density at radius 3 is 2.76 bits per heavy atom. The zero-order chi connectivity index (χ0) is 17.6. The molecule has 0 aliphatic rings. The number of aromatic nitrogens is 3. The number of nitrogens with zero attached hydrogens (tertiary/aromatic N) is 3. The third-order valence-corrected chi connectivity index (χ3v) is 4.40. The van der Waals surface area contributed by atoms with Gasteiger partial charge < -0.3 is 4.90 Å². The number of halogens is 1. The van der Waals surface area contributed by atoms with Gasteiger partial charge in [-0.15, -0.1) is 5.10 Å². The summed E-state index contributed by atoms with van der Waals surface area (Å²) >= 11 is 1.27. The van der Waals surface area contributed by atoms with Crippen LogP contribution in [0.5, 0.6) is 0 Å². The number of benzene rings is 2. The van der Waals surface area contributed by atoms with Crippen LogP contribution in [-0.2, 0) is 11.3 Å². The molecule has 2 aromatic carbocycles. The average Bonchev–Trinajstić information content (AvgIpc) is 3.09. The Labute approximate surface area is 149 Å². The van der Waals surface area contributed by atoms with Crippen LogP contribution in [0.25, 0.3) is 11.4 Å². The minimum absolute atomic E-state index is 0.0691. The van der Waals surface area contributed by atoms with E-state index in [1.54, 1.807) is 24.1 Å². The number of carbonyl (C=O) groups is 1. The zero-order valence-corrected chi connectivity index (χ0v) is 14.5. The number of aromatic amines is 1. The summed E-state index contributed by atoms with van der Waals surface area (Å²) in [6, 6.07) is 15.9. The highest BCUT2D eigenvalue weighted by Gasteiger charge is 2.13. The molecule has 1 amide bonds. The summed E-state index contributed by atoms with van der Waals surface area (Å²) < 4.78 is 13.2. The predicted molar refractivity (Wildman–Crippen MR) is 95.4 cm³/mol. The molecule has 25 heavy (non-hydrogen) atoms. The second kappa shape index (κ2) is 7.94. The molecule has 1 aromatic heterocycles. The largest absolute Gasteiger partial charge is 0.341 e. The first kappa shape index (κ1) is 17.2. The molecular formula is C18H17FN4OS. The SMILES string of the molecule is CN(Cc1cccc(F)c1)C(=O)CSc1n[nH]c(-c2ccccc2)n1. The highest BCUT2D eigenvalue weighted by molar-refractivity contribution is 7.99. The fraction of sp³-hybridized carbons (Fsp3) is 0.167. The lowest BCUT2D eigenvalue weighted by Gasteiger charge is -2.16. The summed E-state index contributed by atoms with van der Waals surface area (Å²) in [5.74, 6) is 0.517. The Kier molecular flexibility index (Phi) is 5.45. The number of H-pyrrole nitrogens is 1. The van der Waals surface area contributed by atoms with E-state index < -0.39 is 0 Å². The van der Waals surface area contributed by atoms with Crippen LogP contribution < -0.4 is 0 Å². The van der Waals surface area contributed by atoms with Crippen LogP contribution in [-0.4, -0.2) is 38.8 Å². The van der Waals surface area contributed by atoms with E-state index in [4.69, 9.17) is 0 Å². The molecule has 0 unspecified atom stereocenters. The maximum absolute atomic E-state index is 13.2. The molecule has 0 atom stereocenters. The van der Waals surface area contributed by atoms with Crippen molar-refractivity contribution >= 4 is 17.7 Å². The average molecular weight is 356 g/mol. The lowest BCUT2D eigenvalue weighted by atomic mass is 10.2. The molecule has 0 aliphatic heterocycles. The van der Waals surface area contributed by atoms with Crippen molar-refractivity contribution in [2.45, 2.75) is 11.7 Å². The van der Waals surface area contributed by atoms with Crippen LogP contribution >= 0.6 is 11.8 Å². The van der Waals surface area contributed by atoms with Gasteiger partial charge in [0, 0.05) is 19.2 Å². The Balaban J connectivity index is 1.54. The van der Waals surface area contributed by atoms with Gasteiger partial charge in [-0.3, -0.25) is 9.89 Å². The molecule has 1 N–H and O–H groups in total. The van der Waals surface area contributed by atoms with Crippen molar-refractivity contribution in [1.29, 1.82) is 0 Å². The summed E-state index contributed by atoms with van der Waals surface area (Å²) in [6.45, 7) is 0.362. The minimum atomic E-state index is -0.304. The fourth-order valence-corrected chi connectivity index (χ4v) is 3.01. The smallest absolute Gasteiger partial charge is 0.233 e. The number of rotatable bonds is 6. The van der Waals surface area contributed by atoms with Crippen LogP contribution in [0.4, 0.5) is 4.39 Å². The first-order chi connectivity index (χ1) is 12.1. The molecule has 128 valence electrons. The number of hydrogen-bond acceptors (Lipinski definition) is 4. The first-order valence-electron chi connectivity index (χ1n) is 7.71. The van der Waals surface area contributed by atoms with E-state index >= 15 is 0 Å².